The van der Waals surface area contributed by atoms with Gasteiger partial charge in [-0.1, -0.05) is 83.3 Å². The maximum atomic E-state index is 15.1. The molecule has 0 aliphatic carbocycles. The smallest absolute Gasteiger partial charge is 0.297 e. The maximum absolute atomic E-state index is 15.1. The second-order valence-corrected chi connectivity index (χ2v) is 10.6. The van der Waals surface area contributed by atoms with Crippen molar-refractivity contribution in [1.82, 2.24) is 10.2 Å². The quantitative estimate of drug-likeness (QED) is 0.207. The molecule has 1 aliphatic rings. The number of aryl methyl sites for hydroxylation is 1. The summed E-state index contributed by atoms with van der Waals surface area (Å²) in [4.78, 5) is 28.6. The number of halogens is 1. The third kappa shape index (κ3) is 3.81. The van der Waals surface area contributed by atoms with E-state index in [1.165, 1.54) is 34.1 Å². The number of thioether (sulfide) groups is 1. The first kappa shape index (κ1) is 22.6. The largest absolute Gasteiger partial charge is 0.450 e. The number of aromatic nitrogens is 2. The van der Waals surface area contributed by atoms with E-state index >= 15 is 4.39 Å². The van der Waals surface area contributed by atoms with Gasteiger partial charge in [-0.25, -0.2) is 4.39 Å². The molecule has 2 aromatic heterocycles. The summed E-state index contributed by atoms with van der Waals surface area (Å²) in [5.74, 6) is -0.488. The summed E-state index contributed by atoms with van der Waals surface area (Å²) in [7, 11) is 0. The average molecular weight is 516 g/mol. The van der Waals surface area contributed by atoms with Crippen LogP contribution in [-0.2, 0) is 5.75 Å². The van der Waals surface area contributed by atoms with Gasteiger partial charge in [-0.05, 0) is 30.7 Å². The highest BCUT2D eigenvalue weighted by atomic mass is 32.2. The van der Waals surface area contributed by atoms with E-state index in [0.29, 0.717) is 21.1 Å². The van der Waals surface area contributed by atoms with Crippen LogP contribution in [0, 0.1) is 12.7 Å². The number of rotatable bonds is 5. The lowest BCUT2D eigenvalue weighted by Crippen LogP contribution is -2.30. The molecule has 1 aliphatic heterocycles. The summed E-state index contributed by atoms with van der Waals surface area (Å²) in [6.45, 7) is 1.87. The molecule has 6 nitrogen and oxygen atoms in total. The Bertz CT molecular complexity index is 1680. The van der Waals surface area contributed by atoms with Crippen LogP contribution >= 0.6 is 23.1 Å². The molecular formula is C27H18FN3O3S2. The number of hydrogen-bond acceptors (Lipinski definition) is 7. The molecule has 1 atom stereocenters. The number of anilines is 1. The lowest BCUT2D eigenvalue weighted by atomic mass is 9.98. The predicted octanol–water partition coefficient (Wildman–Crippen LogP) is 6.13. The summed E-state index contributed by atoms with van der Waals surface area (Å²) in [5.41, 5.74) is 2.26. The monoisotopic (exact) mass is 515 g/mol. The third-order valence-corrected chi connectivity index (χ3v) is 8.16. The zero-order valence-electron chi connectivity index (χ0n) is 19.0. The van der Waals surface area contributed by atoms with Gasteiger partial charge in [0.2, 0.25) is 10.9 Å². The molecule has 0 bridgehead atoms. The minimum absolute atomic E-state index is 0.0988. The molecule has 1 amide bonds. The number of carbonyl (C=O) groups excluding carboxylic acids is 1. The van der Waals surface area contributed by atoms with Gasteiger partial charge in [-0.2, -0.15) is 0 Å². The van der Waals surface area contributed by atoms with Crippen molar-refractivity contribution >= 4 is 45.1 Å². The van der Waals surface area contributed by atoms with Gasteiger partial charge in [0.15, 0.2) is 9.77 Å². The van der Waals surface area contributed by atoms with E-state index in [1.807, 2.05) is 43.3 Å². The molecule has 36 heavy (non-hydrogen) atoms. The van der Waals surface area contributed by atoms with Gasteiger partial charge in [-0.15, -0.1) is 10.2 Å². The van der Waals surface area contributed by atoms with Crippen molar-refractivity contribution in [2.45, 2.75) is 23.1 Å². The third-order valence-electron chi connectivity index (χ3n) is 6.03. The Balaban J connectivity index is 1.47. The number of hydrogen-bond donors (Lipinski definition) is 0. The Hall–Kier alpha value is -3.82. The van der Waals surface area contributed by atoms with E-state index in [0.717, 1.165) is 11.1 Å². The fourth-order valence-electron chi connectivity index (χ4n) is 4.35. The number of benzene rings is 3. The van der Waals surface area contributed by atoms with E-state index in [-0.39, 0.29) is 27.4 Å². The fraction of sp³-hybridized carbons (Fsp3) is 0.111. The van der Waals surface area contributed by atoms with Crippen molar-refractivity contribution in [1.29, 1.82) is 0 Å². The minimum atomic E-state index is -1.02. The Kier molecular flexibility index (Phi) is 5.66. The first-order chi connectivity index (χ1) is 17.5. The number of carbonyl (C=O) groups is 1. The summed E-state index contributed by atoms with van der Waals surface area (Å²) in [6.07, 6.45) is 0. The highest BCUT2D eigenvalue weighted by Crippen LogP contribution is 2.43. The molecule has 9 heteroatoms. The second kappa shape index (κ2) is 9.00. The SMILES string of the molecule is Cc1ccc2oc3c(c(=O)c2c1)C(c1ccccc1F)N(c1nnc(SCc2ccccc2)s1)C3=O. The van der Waals surface area contributed by atoms with E-state index in [9.17, 15) is 9.59 Å². The Morgan fingerprint density at radius 1 is 1.03 bits per heavy atom. The van der Waals surface area contributed by atoms with Crippen molar-refractivity contribution in [2.75, 3.05) is 4.90 Å². The zero-order valence-corrected chi connectivity index (χ0v) is 20.6. The van der Waals surface area contributed by atoms with Gasteiger partial charge in [0.25, 0.3) is 5.91 Å². The van der Waals surface area contributed by atoms with Gasteiger partial charge in [0.05, 0.1) is 10.9 Å². The Morgan fingerprint density at radius 2 is 1.81 bits per heavy atom. The van der Waals surface area contributed by atoms with E-state index in [2.05, 4.69) is 10.2 Å². The molecule has 3 heterocycles. The van der Waals surface area contributed by atoms with Gasteiger partial charge in [0.1, 0.15) is 17.4 Å². The number of amides is 1. The topological polar surface area (TPSA) is 76.3 Å². The van der Waals surface area contributed by atoms with Crippen LogP contribution in [0.25, 0.3) is 11.0 Å². The van der Waals surface area contributed by atoms with Crippen LogP contribution in [-0.4, -0.2) is 16.1 Å². The Labute approximate surface area is 213 Å². The molecule has 0 saturated heterocycles. The van der Waals surface area contributed by atoms with Gasteiger partial charge in [-0.3, -0.25) is 14.5 Å². The molecule has 3 aromatic carbocycles. The molecular weight excluding hydrogens is 497 g/mol. The normalized spacial score (nSPS) is 15.0. The van der Waals surface area contributed by atoms with E-state index in [4.69, 9.17) is 4.42 Å². The summed E-state index contributed by atoms with van der Waals surface area (Å²) < 4.78 is 21.7. The number of nitrogens with zero attached hydrogens (tertiary/aromatic N) is 3. The predicted molar refractivity (Wildman–Crippen MR) is 138 cm³/mol. The zero-order chi connectivity index (χ0) is 24.8. The summed E-state index contributed by atoms with van der Waals surface area (Å²) in [6, 6.07) is 20.2. The van der Waals surface area contributed by atoms with E-state index < -0.39 is 17.8 Å². The van der Waals surface area contributed by atoms with Gasteiger partial charge in [0, 0.05) is 11.3 Å². The van der Waals surface area contributed by atoms with Crippen molar-refractivity contribution in [3.63, 3.8) is 0 Å². The van der Waals surface area contributed by atoms with Crippen molar-refractivity contribution in [2.24, 2.45) is 0 Å². The van der Waals surface area contributed by atoms with Gasteiger partial charge < -0.3 is 4.42 Å². The number of fused-ring (bicyclic) bond motifs is 2. The van der Waals surface area contributed by atoms with Crippen molar-refractivity contribution in [3.8, 4) is 0 Å². The Morgan fingerprint density at radius 3 is 2.61 bits per heavy atom. The highest BCUT2D eigenvalue weighted by molar-refractivity contribution is 8.00. The van der Waals surface area contributed by atoms with Crippen molar-refractivity contribution < 1.29 is 13.6 Å². The molecule has 0 N–H and O–H groups in total. The van der Waals surface area contributed by atoms with Crippen LogP contribution in [0.4, 0.5) is 9.52 Å². The molecule has 178 valence electrons. The molecule has 1 unspecified atom stereocenters. The summed E-state index contributed by atoms with van der Waals surface area (Å²) in [5, 5.41) is 9.12. The van der Waals surface area contributed by atoms with Crippen LogP contribution in [0.1, 0.15) is 38.9 Å². The van der Waals surface area contributed by atoms with Crippen LogP contribution in [0.15, 0.2) is 86.3 Å². The summed E-state index contributed by atoms with van der Waals surface area (Å²) >= 11 is 2.71. The first-order valence-electron chi connectivity index (χ1n) is 11.2. The maximum Gasteiger partial charge on any atom is 0.297 e. The highest BCUT2D eigenvalue weighted by Gasteiger charge is 2.46. The van der Waals surface area contributed by atoms with Crippen LogP contribution in [0.5, 0.6) is 0 Å². The molecule has 0 fully saturated rings. The lowest BCUT2D eigenvalue weighted by Gasteiger charge is -2.22. The average Bonchev–Trinajstić information content (AvgIpc) is 3.47. The minimum Gasteiger partial charge on any atom is -0.450 e. The molecule has 0 radical (unpaired) electrons. The first-order valence-corrected chi connectivity index (χ1v) is 13.0. The van der Waals surface area contributed by atoms with Gasteiger partial charge >= 0.3 is 0 Å². The van der Waals surface area contributed by atoms with Crippen molar-refractivity contribution in [3.05, 3.63) is 117 Å². The van der Waals surface area contributed by atoms with Crippen LogP contribution in [0.3, 0.4) is 0 Å². The fourth-order valence-corrected chi connectivity index (χ4v) is 6.18. The molecule has 5 aromatic rings. The molecule has 6 rings (SSSR count). The lowest BCUT2D eigenvalue weighted by molar-refractivity contribution is 0.0970. The standard InChI is InChI=1S/C27H18FN3O3S2/c1-15-11-12-20-18(13-15)23(32)21-22(17-9-5-6-10-19(17)28)31(25(33)24(21)34-20)26-29-30-27(36-26)35-14-16-7-3-2-4-8-16/h2-13,22H,14H2,1H3. The second-order valence-electron chi connectivity index (χ2n) is 8.40. The van der Waals surface area contributed by atoms with Crippen LogP contribution < -0.4 is 10.3 Å². The van der Waals surface area contributed by atoms with E-state index in [1.54, 1.807) is 30.3 Å². The molecule has 0 saturated carbocycles. The van der Waals surface area contributed by atoms with Crippen LogP contribution in [0.2, 0.25) is 0 Å². The molecule has 0 spiro atoms.